The first-order valence-corrected chi connectivity index (χ1v) is 11.6. The van der Waals surface area contributed by atoms with Crippen molar-refractivity contribution in [1.29, 1.82) is 0 Å². The van der Waals surface area contributed by atoms with E-state index < -0.39 is 0 Å². The van der Waals surface area contributed by atoms with E-state index in [0.29, 0.717) is 33.3 Å². The molecule has 0 aliphatic carbocycles. The van der Waals surface area contributed by atoms with Crippen LogP contribution >= 0.6 is 11.8 Å². The molecule has 0 bridgehead atoms. The lowest BCUT2D eigenvalue weighted by Gasteiger charge is -2.13. The van der Waals surface area contributed by atoms with Crippen molar-refractivity contribution >= 4 is 40.0 Å². The Morgan fingerprint density at radius 3 is 2.65 bits per heavy atom. The summed E-state index contributed by atoms with van der Waals surface area (Å²) >= 11 is 1.25. The quantitative estimate of drug-likeness (QED) is 0.375. The first-order chi connectivity index (χ1) is 16.6. The molecular formula is C25H21N5O3S. The van der Waals surface area contributed by atoms with Gasteiger partial charge in [0.2, 0.25) is 11.7 Å². The second-order valence-electron chi connectivity index (χ2n) is 7.63. The van der Waals surface area contributed by atoms with E-state index in [1.54, 1.807) is 29.9 Å². The highest BCUT2D eigenvalue weighted by Crippen LogP contribution is 2.24. The Hall–Kier alpha value is -4.11. The van der Waals surface area contributed by atoms with Crippen molar-refractivity contribution in [2.45, 2.75) is 12.1 Å². The minimum atomic E-state index is -0.188. The fraction of sp³-hybridized carbons (Fsp3) is 0.120. The normalized spacial score (nSPS) is 11.1. The van der Waals surface area contributed by atoms with Gasteiger partial charge in [-0.2, -0.15) is 0 Å². The molecule has 2 heterocycles. The highest BCUT2D eigenvalue weighted by molar-refractivity contribution is 7.99. The van der Waals surface area contributed by atoms with Gasteiger partial charge in [-0.3, -0.25) is 14.0 Å². The molecule has 34 heavy (non-hydrogen) atoms. The molecule has 0 spiro atoms. The molecule has 5 rings (SSSR count). The van der Waals surface area contributed by atoms with Gasteiger partial charge < -0.3 is 10.1 Å². The third-order valence-corrected chi connectivity index (χ3v) is 6.37. The van der Waals surface area contributed by atoms with Crippen LogP contribution in [0.5, 0.6) is 5.75 Å². The molecule has 2 aromatic heterocycles. The summed E-state index contributed by atoms with van der Waals surface area (Å²) in [4.78, 5) is 26.0. The Morgan fingerprint density at radius 2 is 1.82 bits per heavy atom. The summed E-state index contributed by atoms with van der Waals surface area (Å²) in [6.45, 7) is 1.95. The van der Waals surface area contributed by atoms with Crippen LogP contribution in [0.25, 0.3) is 22.4 Å². The van der Waals surface area contributed by atoms with Gasteiger partial charge in [-0.05, 0) is 42.8 Å². The molecule has 8 nitrogen and oxygen atoms in total. The van der Waals surface area contributed by atoms with Crippen LogP contribution in [0.15, 0.2) is 82.7 Å². The number of carbonyl (C=O) groups excluding carboxylic acids is 1. The maximum absolute atomic E-state index is 13.4. The monoisotopic (exact) mass is 471 g/mol. The molecule has 0 unspecified atom stereocenters. The van der Waals surface area contributed by atoms with E-state index in [1.807, 2.05) is 65.9 Å². The predicted octanol–water partition coefficient (Wildman–Crippen LogP) is 4.08. The lowest BCUT2D eigenvalue weighted by atomic mass is 10.2. The highest BCUT2D eigenvalue weighted by atomic mass is 32.2. The number of fused-ring (bicyclic) bond motifs is 3. The van der Waals surface area contributed by atoms with Gasteiger partial charge in [0.25, 0.3) is 5.56 Å². The van der Waals surface area contributed by atoms with Crippen molar-refractivity contribution in [3.63, 3.8) is 0 Å². The first-order valence-electron chi connectivity index (χ1n) is 10.6. The van der Waals surface area contributed by atoms with E-state index in [2.05, 4.69) is 15.5 Å². The summed E-state index contributed by atoms with van der Waals surface area (Å²) in [6, 6.07) is 22.2. The molecule has 0 aliphatic heterocycles. The molecule has 1 amide bonds. The van der Waals surface area contributed by atoms with Gasteiger partial charge >= 0.3 is 0 Å². The Kier molecular flexibility index (Phi) is 5.77. The fourth-order valence-electron chi connectivity index (χ4n) is 3.83. The van der Waals surface area contributed by atoms with Crippen LogP contribution in [0, 0.1) is 6.92 Å². The van der Waals surface area contributed by atoms with Gasteiger partial charge in [0.05, 0.1) is 29.5 Å². The van der Waals surface area contributed by atoms with Gasteiger partial charge in [0.15, 0.2) is 5.16 Å². The van der Waals surface area contributed by atoms with Crippen molar-refractivity contribution < 1.29 is 9.53 Å². The Labute approximate surface area is 199 Å². The van der Waals surface area contributed by atoms with Crippen molar-refractivity contribution in [2.75, 3.05) is 18.2 Å². The number of thioether (sulfide) groups is 1. The number of nitrogens with zero attached hydrogens (tertiary/aromatic N) is 4. The SMILES string of the molecule is COc1cccc(NC(=O)CSc2nnc3n(-c4ccccc4C)c(=O)c4ccccc4n23)c1. The molecule has 3 aromatic carbocycles. The van der Waals surface area contributed by atoms with Crippen molar-refractivity contribution in [3.8, 4) is 11.4 Å². The second kappa shape index (κ2) is 9.03. The molecule has 0 fully saturated rings. The molecule has 0 saturated heterocycles. The van der Waals surface area contributed by atoms with Crippen molar-refractivity contribution in [3.05, 3.63) is 88.7 Å². The van der Waals surface area contributed by atoms with Crippen molar-refractivity contribution in [2.24, 2.45) is 0 Å². The smallest absolute Gasteiger partial charge is 0.267 e. The van der Waals surface area contributed by atoms with Crippen LogP contribution < -0.4 is 15.6 Å². The van der Waals surface area contributed by atoms with Crippen LogP contribution in [0.2, 0.25) is 0 Å². The number of hydrogen-bond donors (Lipinski definition) is 1. The van der Waals surface area contributed by atoms with Crippen LogP contribution in [-0.2, 0) is 4.79 Å². The summed E-state index contributed by atoms with van der Waals surface area (Å²) in [5.74, 6) is 0.991. The predicted molar refractivity (Wildman–Crippen MR) is 133 cm³/mol. The molecular weight excluding hydrogens is 450 g/mol. The van der Waals surface area contributed by atoms with Gasteiger partial charge in [-0.1, -0.05) is 48.2 Å². The number of carbonyl (C=O) groups is 1. The van der Waals surface area contributed by atoms with E-state index in [1.165, 1.54) is 11.8 Å². The minimum absolute atomic E-state index is 0.121. The second-order valence-corrected chi connectivity index (χ2v) is 8.57. The van der Waals surface area contributed by atoms with Crippen LogP contribution in [0.1, 0.15) is 5.56 Å². The largest absolute Gasteiger partial charge is 0.497 e. The average molecular weight is 472 g/mol. The summed E-state index contributed by atoms with van der Waals surface area (Å²) in [5.41, 5.74) is 2.85. The minimum Gasteiger partial charge on any atom is -0.497 e. The first kappa shape index (κ1) is 21.7. The number of anilines is 1. The number of para-hydroxylation sites is 2. The van der Waals surface area contributed by atoms with E-state index in [-0.39, 0.29) is 17.2 Å². The zero-order valence-electron chi connectivity index (χ0n) is 18.6. The number of methoxy groups -OCH3 is 1. The molecule has 170 valence electrons. The molecule has 5 aromatic rings. The topological polar surface area (TPSA) is 90.5 Å². The maximum Gasteiger partial charge on any atom is 0.267 e. The van der Waals surface area contributed by atoms with Crippen LogP contribution in [-0.4, -0.2) is 37.9 Å². The average Bonchev–Trinajstić information content (AvgIpc) is 3.28. The molecule has 0 atom stereocenters. The standard InChI is InChI=1S/C25H21N5O3S/c1-16-8-3-5-12-20(16)29-23(32)19-11-4-6-13-21(19)30-24(29)27-28-25(30)34-15-22(31)26-17-9-7-10-18(14-17)33-2/h3-14H,15H2,1-2H3,(H,26,31). The number of nitrogens with one attached hydrogen (secondary N) is 1. The summed E-state index contributed by atoms with van der Waals surface area (Å²) in [5, 5.41) is 12.6. The molecule has 0 radical (unpaired) electrons. The maximum atomic E-state index is 13.4. The molecule has 0 saturated carbocycles. The summed E-state index contributed by atoms with van der Waals surface area (Å²) in [7, 11) is 1.58. The number of hydrogen-bond acceptors (Lipinski definition) is 6. The van der Waals surface area contributed by atoms with E-state index in [4.69, 9.17) is 4.74 Å². The zero-order chi connectivity index (χ0) is 23.7. The third-order valence-electron chi connectivity index (χ3n) is 5.44. The van der Waals surface area contributed by atoms with Gasteiger partial charge in [0.1, 0.15) is 5.75 Å². The summed E-state index contributed by atoms with van der Waals surface area (Å²) in [6.07, 6.45) is 0. The highest BCUT2D eigenvalue weighted by Gasteiger charge is 2.19. The molecule has 1 N–H and O–H groups in total. The molecule has 0 aliphatic rings. The number of aromatic nitrogens is 4. The number of rotatable bonds is 6. The lowest BCUT2D eigenvalue weighted by molar-refractivity contribution is -0.113. The fourth-order valence-corrected chi connectivity index (χ4v) is 4.57. The van der Waals surface area contributed by atoms with E-state index >= 15 is 0 Å². The number of aryl methyl sites for hydroxylation is 1. The van der Waals surface area contributed by atoms with Gasteiger partial charge in [-0.25, -0.2) is 4.57 Å². The number of amides is 1. The van der Waals surface area contributed by atoms with Crippen LogP contribution in [0.3, 0.4) is 0 Å². The van der Waals surface area contributed by atoms with Crippen molar-refractivity contribution in [1.82, 2.24) is 19.2 Å². The molecule has 9 heteroatoms. The van der Waals surface area contributed by atoms with Crippen LogP contribution in [0.4, 0.5) is 5.69 Å². The summed E-state index contributed by atoms with van der Waals surface area (Å²) < 4.78 is 8.60. The lowest BCUT2D eigenvalue weighted by Crippen LogP contribution is -2.22. The Bertz CT molecular complexity index is 1590. The number of ether oxygens (including phenoxy) is 1. The Balaban J connectivity index is 1.54. The zero-order valence-corrected chi connectivity index (χ0v) is 19.4. The third kappa shape index (κ3) is 3.90. The van der Waals surface area contributed by atoms with E-state index in [0.717, 1.165) is 11.3 Å². The Morgan fingerprint density at radius 1 is 1.03 bits per heavy atom. The van der Waals surface area contributed by atoms with Gasteiger partial charge in [-0.15, -0.1) is 10.2 Å². The number of benzene rings is 3. The van der Waals surface area contributed by atoms with E-state index in [9.17, 15) is 9.59 Å². The van der Waals surface area contributed by atoms with Gasteiger partial charge in [0, 0.05) is 11.8 Å².